The molecule has 0 saturated carbocycles. The molecule has 128 valence electrons. The summed E-state index contributed by atoms with van der Waals surface area (Å²) >= 11 is 3.47. The number of nitrogens with one attached hydrogen (secondary N) is 2. The number of rotatable bonds is 5. The predicted molar refractivity (Wildman–Crippen MR) is 101 cm³/mol. The smallest absolute Gasteiger partial charge is 0.243 e. The van der Waals surface area contributed by atoms with Crippen LogP contribution in [0.15, 0.2) is 52.1 Å². The van der Waals surface area contributed by atoms with Gasteiger partial charge >= 0.3 is 0 Å². The minimum absolute atomic E-state index is 0.114. The minimum atomic E-state index is -0.114. The zero-order chi connectivity index (χ0) is 17.5. The number of nitrogens with zero attached hydrogens (tertiary/aromatic N) is 3. The van der Waals surface area contributed by atoms with Gasteiger partial charge in [0.1, 0.15) is 0 Å². The lowest BCUT2D eigenvalue weighted by atomic mass is 10.3. The average molecular weight is 392 g/mol. The van der Waals surface area contributed by atoms with Gasteiger partial charge in [-0.1, -0.05) is 18.2 Å². The molecule has 0 aliphatic heterocycles. The SMILES string of the molecule is CN=C(NCC(=O)Nc1ccccc1)N(C)Cc1cc(Br)cn1C. The third kappa shape index (κ3) is 5.13. The fourth-order valence-electron chi connectivity index (χ4n) is 2.31. The fraction of sp³-hybridized carbons (Fsp3) is 0.294. The maximum absolute atomic E-state index is 12.0. The Labute approximate surface area is 150 Å². The van der Waals surface area contributed by atoms with Gasteiger partial charge < -0.3 is 20.1 Å². The van der Waals surface area contributed by atoms with Gasteiger partial charge in [0.05, 0.1) is 13.1 Å². The summed E-state index contributed by atoms with van der Waals surface area (Å²) in [4.78, 5) is 18.2. The van der Waals surface area contributed by atoms with Gasteiger partial charge in [-0.2, -0.15) is 0 Å². The second kappa shape index (κ2) is 8.54. The molecule has 0 bridgehead atoms. The molecule has 2 rings (SSSR count). The number of amides is 1. The molecule has 0 spiro atoms. The number of aryl methyl sites for hydroxylation is 1. The second-order valence-electron chi connectivity index (χ2n) is 5.43. The molecule has 0 saturated heterocycles. The van der Waals surface area contributed by atoms with Gasteiger partial charge in [-0.15, -0.1) is 0 Å². The quantitative estimate of drug-likeness (QED) is 0.607. The highest BCUT2D eigenvalue weighted by Crippen LogP contribution is 2.14. The van der Waals surface area contributed by atoms with Crippen LogP contribution >= 0.6 is 15.9 Å². The molecule has 0 fully saturated rings. The van der Waals surface area contributed by atoms with E-state index in [4.69, 9.17) is 0 Å². The van der Waals surface area contributed by atoms with Crippen LogP contribution in [0, 0.1) is 0 Å². The molecule has 1 aromatic carbocycles. The Morgan fingerprint density at radius 2 is 2.04 bits per heavy atom. The largest absolute Gasteiger partial charge is 0.352 e. The van der Waals surface area contributed by atoms with E-state index in [0.717, 1.165) is 15.9 Å². The Morgan fingerprint density at radius 1 is 1.33 bits per heavy atom. The Bertz CT molecular complexity index is 711. The van der Waals surface area contributed by atoms with E-state index in [-0.39, 0.29) is 12.5 Å². The van der Waals surface area contributed by atoms with E-state index in [9.17, 15) is 4.79 Å². The molecule has 2 aromatic rings. The highest BCUT2D eigenvalue weighted by atomic mass is 79.9. The molecule has 1 amide bonds. The number of benzene rings is 1. The van der Waals surface area contributed by atoms with Crippen LogP contribution in [0.4, 0.5) is 5.69 Å². The number of hydrogen-bond donors (Lipinski definition) is 2. The van der Waals surface area contributed by atoms with E-state index in [1.54, 1.807) is 7.05 Å². The van der Waals surface area contributed by atoms with Crippen molar-refractivity contribution in [2.45, 2.75) is 6.54 Å². The Balaban J connectivity index is 1.87. The zero-order valence-electron chi connectivity index (χ0n) is 14.1. The van der Waals surface area contributed by atoms with Gasteiger partial charge in [0.25, 0.3) is 0 Å². The number of aromatic nitrogens is 1. The Hall–Kier alpha value is -2.28. The number of carbonyl (C=O) groups is 1. The lowest BCUT2D eigenvalue weighted by Gasteiger charge is -2.22. The Kier molecular flexibility index (Phi) is 6.43. The molecule has 0 atom stereocenters. The molecule has 0 unspecified atom stereocenters. The van der Waals surface area contributed by atoms with E-state index in [2.05, 4.69) is 42.2 Å². The monoisotopic (exact) mass is 391 g/mol. The molecule has 6 nitrogen and oxygen atoms in total. The average Bonchev–Trinajstić information content (AvgIpc) is 2.86. The molecule has 7 heteroatoms. The molecule has 0 aliphatic carbocycles. The van der Waals surface area contributed by atoms with Crippen LogP contribution in [0.3, 0.4) is 0 Å². The molecule has 1 heterocycles. The molecule has 24 heavy (non-hydrogen) atoms. The van der Waals surface area contributed by atoms with Crippen LogP contribution in [-0.4, -0.2) is 42.0 Å². The summed E-state index contributed by atoms with van der Waals surface area (Å²) in [6.07, 6.45) is 2.01. The third-order valence-corrected chi connectivity index (χ3v) is 3.95. The van der Waals surface area contributed by atoms with Crippen LogP contribution in [0.25, 0.3) is 0 Å². The van der Waals surface area contributed by atoms with E-state index < -0.39 is 0 Å². The van der Waals surface area contributed by atoms with Crippen molar-refractivity contribution < 1.29 is 4.79 Å². The molecule has 2 N–H and O–H groups in total. The minimum Gasteiger partial charge on any atom is -0.352 e. The van der Waals surface area contributed by atoms with Crippen LogP contribution in [-0.2, 0) is 18.4 Å². The van der Waals surface area contributed by atoms with E-state index in [1.807, 2.05) is 55.5 Å². The van der Waals surface area contributed by atoms with Crippen LogP contribution in [0.5, 0.6) is 0 Å². The molecular weight excluding hydrogens is 370 g/mol. The first kappa shape index (κ1) is 18.1. The van der Waals surface area contributed by atoms with Crippen molar-refractivity contribution in [2.75, 3.05) is 26.0 Å². The fourth-order valence-corrected chi connectivity index (χ4v) is 2.88. The number of hydrogen-bond acceptors (Lipinski definition) is 2. The highest BCUT2D eigenvalue weighted by Gasteiger charge is 2.11. The van der Waals surface area contributed by atoms with Crippen molar-refractivity contribution in [3.8, 4) is 0 Å². The second-order valence-corrected chi connectivity index (χ2v) is 6.35. The first-order valence-electron chi connectivity index (χ1n) is 7.57. The van der Waals surface area contributed by atoms with Gasteiger partial charge in [0.15, 0.2) is 5.96 Å². The maximum atomic E-state index is 12.0. The molecule has 1 aromatic heterocycles. The van der Waals surface area contributed by atoms with E-state index in [0.29, 0.717) is 12.5 Å². The predicted octanol–water partition coefficient (Wildman–Crippen LogP) is 2.43. The number of para-hydroxylation sites is 1. The first-order chi connectivity index (χ1) is 11.5. The third-order valence-electron chi connectivity index (χ3n) is 3.51. The number of anilines is 1. The van der Waals surface area contributed by atoms with Gasteiger partial charge in [-0.25, -0.2) is 0 Å². The van der Waals surface area contributed by atoms with Crippen LogP contribution in [0.2, 0.25) is 0 Å². The van der Waals surface area contributed by atoms with Crippen LogP contribution in [0.1, 0.15) is 5.69 Å². The lowest BCUT2D eigenvalue weighted by Crippen LogP contribution is -2.42. The van der Waals surface area contributed by atoms with Crippen molar-refractivity contribution in [3.05, 3.63) is 52.8 Å². The van der Waals surface area contributed by atoms with Crippen molar-refractivity contribution >= 4 is 33.5 Å². The van der Waals surface area contributed by atoms with Crippen molar-refractivity contribution in [1.82, 2.24) is 14.8 Å². The van der Waals surface area contributed by atoms with Crippen molar-refractivity contribution in [2.24, 2.45) is 12.0 Å². The number of guanidine groups is 1. The normalized spacial score (nSPS) is 11.2. The molecule has 0 radical (unpaired) electrons. The summed E-state index contributed by atoms with van der Waals surface area (Å²) < 4.78 is 3.09. The molecule has 0 aliphatic rings. The summed E-state index contributed by atoms with van der Waals surface area (Å²) in [5, 5.41) is 5.92. The summed E-state index contributed by atoms with van der Waals surface area (Å²) in [7, 11) is 5.64. The summed E-state index contributed by atoms with van der Waals surface area (Å²) in [5.41, 5.74) is 1.92. The first-order valence-corrected chi connectivity index (χ1v) is 8.36. The van der Waals surface area contributed by atoms with E-state index in [1.165, 1.54) is 0 Å². The van der Waals surface area contributed by atoms with Crippen LogP contribution < -0.4 is 10.6 Å². The summed E-state index contributed by atoms with van der Waals surface area (Å²) in [5.74, 6) is 0.549. The molecular formula is C17H22BrN5O. The topological polar surface area (TPSA) is 61.7 Å². The number of aliphatic imine (C=N–C) groups is 1. The maximum Gasteiger partial charge on any atom is 0.243 e. The number of carbonyl (C=O) groups excluding carboxylic acids is 1. The van der Waals surface area contributed by atoms with Crippen molar-refractivity contribution in [1.29, 1.82) is 0 Å². The standard InChI is InChI=1S/C17H22BrN5O/c1-19-17(23(3)12-15-9-13(18)11-22(15)2)20-10-16(24)21-14-7-5-4-6-8-14/h4-9,11H,10,12H2,1-3H3,(H,19,20)(H,21,24). The van der Waals surface area contributed by atoms with Gasteiger partial charge in [-0.05, 0) is 34.1 Å². The summed E-state index contributed by atoms with van der Waals surface area (Å²) in [6.45, 7) is 0.838. The van der Waals surface area contributed by atoms with Gasteiger partial charge in [0.2, 0.25) is 5.91 Å². The van der Waals surface area contributed by atoms with E-state index >= 15 is 0 Å². The van der Waals surface area contributed by atoms with Gasteiger partial charge in [-0.3, -0.25) is 9.79 Å². The van der Waals surface area contributed by atoms with Crippen molar-refractivity contribution in [3.63, 3.8) is 0 Å². The highest BCUT2D eigenvalue weighted by molar-refractivity contribution is 9.10. The number of halogens is 1. The van der Waals surface area contributed by atoms with Gasteiger partial charge in [0, 0.05) is 43.2 Å². The lowest BCUT2D eigenvalue weighted by molar-refractivity contribution is -0.115. The zero-order valence-corrected chi connectivity index (χ0v) is 15.7. The Morgan fingerprint density at radius 3 is 2.62 bits per heavy atom. The summed E-state index contributed by atoms with van der Waals surface area (Å²) in [6, 6.07) is 11.4.